The Morgan fingerprint density at radius 2 is 1.75 bits per heavy atom. The van der Waals surface area contributed by atoms with E-state index in [2.05, 4.69) is 15.1 Å². The standard InChI is InChI=1S/C25H22F3N5O3/c1-13-18(23-30-20-16(35-5)11-15(33(2,3)4)12-17(20)36-23)24(34)32-22(29-13)19(14-9-7-6-8-10-14)21(31-32)25(26,27)28/h6-12H,1-5H3/p+1. The number of halogens is 3. The number of nitrogens with one attached hydrogen (secondary N) is 1. The molecule has 0 aliphatic heterocycles. The van der Waals surface area contributed by atoms with Gasteiger partial charge in [-0.15, -0.1) is 0 Å². The summed E-state index contributed by atoms with van der Waals surface area (Å²) in [7, 11) is 7.42. The van der Waals surface area contributed by atoms with E-state index >= 15 is 0 Å². The number of fused-ring (bicyclic) bond motifs is 2. The molecular formula is C25H23F3N5O3+. The van der Waals surface area contributed by atoms with Crippen molar-refractivity contribution in [2.75, 3.05) is 28.3 Å². The molecule has 0 bridgehead atoms. The molecule has 0 amide bonds. The lowest BCUT2D eigenvalue weighted by atomic mass is 10.1. The van der Waals surface area contributed by atoms with Crippen molar-refractivity contribution in [2.24, 2.45) is 0 Å². The van der Waals surface area contributed by atoms with Crippen molar-refractivity contribution in [3.63, 3.8) is 0 Å². The van der Waals surface area contributed by atoms with E-state index in [9.17, 15) is 18.0 Å². The van der Waals surface area contributed by atoms with Crippen LogP contribution in [0.25, 0.3) is 39.3 Å². The van der Waals surface area contributed by atoms with Gasteiger partial charge in [0.15, 0.2) is 22.5 Å². The van der Waals surface area contributed by atoms with Gasteiger partial charge in [0.1, 0.15) is 16.9 Å². The number of nitrogens with zero attached hydrogens (tertiary/aromatic N) is 4. The van der Waals surface area contributed by atoms with Crippen molar-refractivity contribution < 1.29 is 22.3 Å². The number of oxazole rings is 1. The molecule has 0 spiro atoms. The van der Waals surface area contributed by atoms with Crippen molar-refractivity contribution in [1.29, 1.82) is 0 Å². The highest BCUT2D eigenvalue weighted by Crippen LogP contribution is 2.39. The van der Waals surface area contributed by atoms with Crippen LogP contribution in [0.3, 0.4) is 0 Å². The van der Waals surface area contributed by atoms with Crippen LogP contribution in [0, 0.1) is 6.92 Å². The molecule has 36 heavy (non-hydrogen) atoms. The summed E-state index contributed by atoms with van der Waals surface area (Å²) in [6, 6.07) is 11.6. The number of alkyl halides is 3. The van der Waals surface area contributed by atoms with Gasteiger partial charge in [-0.1, -0.05) is 30.3 Å². The smallest absolute Gasteiger partial charge is 0.433 e. The van der Waals surface area contributed by atoms with Crippen LogP contribution in [0.15, 0.2) is 51.7 Å². The first-order valence-corrected chi connectivity index (χ1v) is 11.0. The molecule has 5 aromatic rings. The summed E-state index contributed by atoms with van der Waals surface area (Å²) in [6.45, 7) is 1.54. The summed E-state index contributed by atoms with van der Waals surface area (Å²) in [5.41, 5.74) is -0.122. The molecule has 3 heterocycles. The Kier molecular flexibility index (Phi) is 5.22. The molecule has 8 nitrogen and oxygen atoms in total. The zero-order valence-corrected chi connectivity index (χ0v) is 20.2. The molecule has 0 atom stereocenters. The van der Waals surface area contributed by atoms with E-state index in [1.807, 2.05) is 27.2 Å². The van der Waals surface area contributed by atoms with Crippen LogP contribution in [-0.4, -0.2) is 47.8 Å². The predicted molar refractivity (Wildman–Crippen MR) is 130 cm³/mol. The van der Waals surface area contributed by atoms with E-state index < -0.39 is 17.4 Å². The van der Waals surface area contributed by atoms with Gasteiger partial charge >= 0.3 is 6.18 Å². The molecule has 0 aliphatic rings. The number of hydrogen-bond donors (Lipinski definition) is 1. The zero-order chi connectivity index (χ0) is 26.0. The van der Waals surface area contributed by atoms with E-state index in [0.717, 1.165) is 10.2 Å². The number of methoxy groups -OCH3 is 1. The molecule has 3 aromatic heterocycles. The Hall–Kier alpha value is -4.12. The van der Waals surface area contributed by atoms with E-state index in [1.165, 1.54) is 26.2 Å². The largest absolute Gasteiger partial charge is 0.494 e. The Bertz CT molecular complexity index is 1680. The summed E-state index contributed by atoms with van der Waals surface area (Å²) in [5.74, 6) is 0.388. The van der Waals surface area contributed by atoms with Crippen molar-refractivity contribution >= 4 is 22.4 Å². The number of ether oxygens (including phenoxy) is 1. The van der Waals surface area contributed by atoms with E-state index in [4.69, 9.17) is 9.15 Å². The first kappa shape index (κ1) is 23.6. The topological polar surface area (TPSA) is 85.4 Å². The normalized spacial score (nSPS) is 12.6. The maximum Gasteiger partial charge on any atom is 0.433 e. The molecule has 0 saturated heterocycles. The van der Waals surface area contributed by atoms with Gasteiger partial charge in [0.05, 0.1) is 39.5 Å². The summed E-state index contributed by atoms with van der Waals surface area (Å²) in [4.78, 5) is 22.4. The molecule has 2 aromatic carbocycles. The summed E-state index contributed by atoms with van der Waals surface area (Å²) in [6.07, 6.45) is -4.74. The highest BCUT2D eigenvalue weighted by molar-refractivity contribution is 5.86. The molecule has 0 fully saturated rings. The van der Waals surface area contributed by atoms with Crippen molar-refractivity contribution in [3.8, 4) is 28.3 Å². The number of aromatic amines is 1. The van der Waals surface area contributed by atoms with E-state index in [-0.39, 0.29) is 33.9 Å². The highest BCUT2D eigenvalue weighted by Gasteiger charge is 2.38. The van der Waals surface area contributed by atoms with Crippen LogP contribution in [0.4, 0.5) is 18.9 Å². The number of aromatic nitrogens is 4. The summed E-state index contributed by atoms with van der Waals surface area (Å²) < 4.78 is 54.6. The van der Waals surface area contributed by atoms with Gasteiger partial charge in [0.25, 0.3) is 5.56 Å². The van der Waals surface area contributed by atoms with Gasteiger partial charge in [0.2, 0.25) is 5.89 Å². The lowest BCUT2D eigenvalue weighted by Crippen LogP contribution is -2.34. The van der Waals surface area contributed by atoms with Crippen LogP contribution >= 0.6 is 0 Å². The fourth-order valence-corrected chi connectivity index (χ4v) is 4.14. The number of H-pyrrole nitrogens is 1. The lowest BCUT2D eigenvalue weighted by molar-refractivity contribution is -0.140. The molecule has 1 N–H and O–H groups in total. The minimum absolute atomic E-state index is 0.0489. The van der Waals surface area contributed by atoms with E-state index in [0.29, 0.717) is 21.3 Å². The molecule has 0 unspecified atom stereocenters. The van der Waals surface area contributed by atoms with Gasteiger partial charge in [-0.2, -0.15) is 17.7 Å². The van der Waals surface area contributed by atoms with Crippen molar-refractivity contribution in [1.82, 2.24) is 24.1 Å². The van der Waals surface area contributed by atoms with Gasteiger partial charge in [-0.3, -0.25) is 14.4 Å². The van der Waals surface area contributed by atoms with Gasteiger partial charge < -0.3 is 9.15 Å². The number of benzene rings is 2. The Morgan fingerprint density at radius 1 is 1.06 bits per heavy atom. The third kappa shape index (κ3) is 3.72. The van der Waals surface area contributed by atoms with Crippen LogP contribution in [-0.2, 0) is 6.18 Å². The maximum absolute atomic E-state index is 14.0. The molecule has 0 saturated carbocycles. The minimum atomic E-state index is -4.74. The molecular weight excluding hydrogens is 475 g/mol. The Balaban J connectivity index is 1.79. The average molecular weight is 498 g/mol. The van der Waals surface area contributed by atoms with Gasteiger partial charge in [-0.05, 0) is 12.5 Å². The lowest BCUT2D eigenvalue weighted by Gasteiger charge is -2.23. The second-order valence-corrected chi connectivity index (χ2v) is 9.29. The number of hydrogen-bond acceptors (Lipinski definition) is 5. The van der Waals surface area contributed by atoms with E-state index in [1.54, 1.807) is 24.3 Å². The highest BCUT2D eigenvalue weighted by atomic mass is 19.4. The van der Waals surface area contributed by atoms with Crippen molar-refractivity contribution in [2.45, 2.75) is 13.1 Å². The number of quaternary nitrogens is 1. The average Bonchev–Trinajstić information content (AvgIpc) is 3.40. The fraction of sp³-hybridized carbons (Fsp3) is 0.240. The second kappa shape index (κ2) is 7.95. The molecule has 11 heteroatoms. The SMILES string of the molecule is COc1cc([N+](C)(C)C)cc2oc(-c3c(C)nc4c(-c5ccccc5)c(C(F)(F)F)[nH]n4c3=O)nc12. The maximum atomic E-state index is 14.0. The Labute approximate surface area is 203 Å². The Morgan fingerprint density at radius 3 is 2.36 bits per heavy atom. The van der Waals surface area contributed by atoms with Crippen LogP contribution in [0.5, 0.6) is 5.75 Å². The molecule has 0 radical (unpaired) electrons. The first-order valence-electron chi connectivity index (χ1n) is 11.0. The predicted octanol–water partition coefficient (Wildman–Crippen LogP) is 5.03. The first-order chi connectivity index (χ1) is 16.9. The number of rotatable bonds is 4. The van der Waals surface area contributed by atoms with Crippen LogP contribution < -0.4 is 14.8 Å². The fourth-order valence-electron chi connectivity index (χ4n) is 4.14. The zero-order valence-electron chi connectivity index (χ0n) is 20.2. The third-order valence-corrected chi connectivity index (χ3v) is 5.96. The molecule has 0 aliphatic carbocycles. The van der Waals surface area contributed by atoms with Gasteiger partial charge in [-0.25, -0.2) is 9.97 Å². The van der Waals surface area contributed by atoms with Crippen LogP contribution in [0.2, 0.25) is 0 Å². The summed E-state index contributed by atoms with van der Waals surface area (Å²) in [5, 5.41) is 2.21. The van der Waals surface area contributed by atoms with Gasteiger partial charge in [0, 0.05) is 12.1 Å². The molecule has 5 rings (SSSR count). The summed E-state index contributed by atoms with van der Waals surface area (Å²) >= 11 is 0. The van der Waals surface area contributed by atoms with Crippen molar-refractivity contribution in [3.05, 3.63) is 64.2 Å². The third-order valence-electron chi connectivity index (χ3n) is 5.96. The minimum Gasteiger partial charge on any atom is -0.494 e. The van der Waals surface area contributed by atoms with Crippen LogP contribution in [0.1, 0.15) is 11.4 Å². The quantitative estimate of drug-likeness (QED) is 0.352. The number of aryl methyl sites for hydroxylation is 1. The monoisotopic (exact) mass is 498 g/mol. The second-order valence-electron chi connectivity index (χ2n) is 9.29. The molecule has 186 valence electrons.